The lowest BCUT2D eigenvalue weighted by Crippen LogP contribution is -2.38. The second kappa shape index (κ2) is 4.69. The van der Waals surface area contributed by atoms with Crippen molar-refractivity contribution in [3.8, 4) is 0 Å². The van der Waals surface area contributed by atoms with Crippen molar-refractivity contribution in [2.24, 2.45) is 0 Å². The Morgan fingerprint density at radius 1 is 1.46 bits per heavy atom. The smallest absolute Gasteiger partial charge is 0.419 e. The van der Waals surface area contributed by atoms with Crippen LogP contribution in [0.4, 0.5) is 4.79 Å². The first-order chi connectivity index (χ1) is 5.85. The number of ether oxygens (including phenoxy) is 2. The molecule has 0 aromatic heterocycles. The summed E-state index contributed by atoms with van der Waals surface area (Å²) in [4.78, 5) is 20.7. The van der Waals surface area contributed by atoms with Gasteiger partial charge in [-0.15, -0.1) is 0 Å². The second-order valence-electron chi connectivity index (χ2n) is 3.49. The van der Waals surface area contributed by atoms with Crippen molar-refractivity contribution in [2.75, 3.05) is 0 Å². The van der Waals surface area contributed by atoms with E-state index in [9.17, 15) is 9.59 Å². The third kappa shape index (κ3) is 7.11. The minimum absolute atomic E-state index is 0.561. The first-order valence-corrected chi connectivity index (χ1v) is 3.87. The number of amides is 1. The fourth-order valence-electron chi connectivity index (χ4n) is 0.575. The van der Waals surface area contributed by atoms with Gasteiger partial charge in [-0.2, -0.15) is 0 Å². The average molecular weight is 188 g/mol. The topological polar surface area (TPSA) is 64.6 Å². The number of nitrogens with one attached hydrogen (secondary N) is 1. The molecule has 1 unspecified atom stereocenters. The zero-order chi connectivity index (χ0) is 10.5. The van der Waals surface area contributed by atoms with Crippen molar-refractivity contribution in [2.45, 2.75) is 39.5 Å². The van der Waals surface area contributed by atoms with Crippen LogP contribution in [-0.4, -0.2) is 24.4 Å². The molecule has 0 spiro atoms. The fourth-order valence-corrected chi connectivity index (χ4v) is 0.575. The Hall–Kier alpha value is -1.26. The Labute approximate surface area is 77.4 Å². The van der Waals surface area contributed by atoms with Gasteiger partial charge in [-0.25, -0.2) is 9.59 Å². The molecule has 1 amide bonds. The van der Waals surface area contributed by atoms with Crippen molar-refractivity contribution in [3.05, 3.63) is 0 Å². The first kappa shape index (κ1) is 11.7. The molecule has 13 heavy (non-hydrogen) atoms. The van der Waals surface area contributed by atoms with Crippen molar-refractivity contribution < 1.29 is 19.1 Å². The number of rotatable bonds is 3. The van der Waals surface area contributed by atoms with E-state index >= 15 is 0 Å². The zero-order valence-corrected chi connectivity index (χ0v) is 8.21. The summed E-state index contributed by atoms with van der Waals surface area (Å²) in [5, 5.41) is 2.29. The van der Waals surface area contributed by atoms with Gasteiger partial charge in [-0.1, -0.05) is 0 Å². The van der Waals surface area contributed by atoms with Crippen molar-refractivity contribution in [1.29, 1.82) is 0 Å². The SMILES string of the molecule is CC(NC(=O)OC(C)(C)C)O[C]=O. The maximum Gasteiger partial charge on any atom is 0.419 e. The molecule has 0 aliphatic carbocycles. The molecule has 1 atom stereocenters. The number of alkyl carbamates (subject to hydrolysis) is 1. The lowest BCUT2D eigenvalue weighted by molar-refractivity contribution is 0.0398. The minimum atomic E-state index is -0.729. The summed E-state index contributed by atoms with van der Waals surface area (Å²) in [6.07, 6.45) is -1.36. The molecule has 1 radical (unpaired) electrons. The van der Waals surface area contributed by atoms with Gasteiger partial charge in [0.05, 0.1) is 0 Å². The third-order valence-electron chi connectivity index (χ3n) is 0.945. The Bertz CT molecular complexity index is 185. The molecule has 0 fully saturated rings. The summed E-state index contributed by atoms with van der Waals surface area (Å²) < 4.78 is 9.20. The lowest BCUT2D eigenvalue weighted by atomic mass is 10.2. The van der Waals surface area contributed by atoms with Gasteiger partial charge in [0, 0.05) is 0 Å². The van der Waals surface area contributed by atoms with Crippen molar-refractivity contribution in [3.63, 3.8) is 0 Å². The fraction of sp³-hybridized carbons (Fsp3) is 0.750. The number of hydrogen-bond acceptors (Lipinski definition) is 4. The molecular formula is C8H14NO4. The Kier molecular flexibility index (Phi) is 4.23. The van der Waals surface area contributed by atoms with Gasteiger partial charge in [-0.3, -0.25) is 5.32 Å². The van der Waals surface area contributed by atoms with Gasteiger partial charge in [-0.05, 0) is 27.7 Å². The molecule has 0 aromatic carbocycles. The third-order valence-corrected chi connectivity index (χ3v) is 0.945. The van der Waals surface area contributed by atoms with Gasteiger partial charge in [0.25, 0.3) is 0 Å². The zero-order valence-electron chi connectivity index (χ0n) is 8.21. The summed E-state index contributed by atoms with van der Waals surface area (Å²) in [5.41, 5.74) is -0.561. The summed E-state index contributed by atoms with van der Waals surface area (Å²) >= 11 is 0. The molecule has 0 aliphatic rings. The molecule has 5 nitrogen and oxygen atoms in total. The Morgan fingerprint density at radius 2 is 2.00 bits per heavy atom. The maximum atomic E-state index is 11.0. The highest BCUT2D eigenvalue weighted by atomic mass is 16.6. The van der Waals surface area contributed by atoms with Crippen LogP contribution in [0.15, 0.2) is 0 Å². The largest absolute Gasteiger partial charge is 0.444 e. The van der Waals surface area contributed by atoms with E-state index < -0.39 is 17.9 Å². The standard InChI is InChI=1S/C8H14NO4/c1-6(12-5-10)9-7(11)13-8(2,3)4/h6H,1-4H3,(H,9,11). The van der Waals surface area contributed by atoms with E-state index in [0.717, 1.165) is 0 Å². The minimum Gasteiger partial charge on any atom is -0.444 e. The average Bonchev–Trinajstić information content (AvgIpc) is 1.81. The van der Waals surface area contributed by atoms with E-state index in [4.69, 9.17) is 4.74 Å². The molecule has 0 bridgehead atoms. The quantitative estimate of drug-likeness (QED) is 0.669. The normalized spacial score (nSPS) is 12.9. The maximum absolute atomic E-state index is 11.0. The number of carbonyl (C=O) groups is 1. The molecule has 75 valence electrons. The van der Waals surface area contributed by atoms with E-state index in [1.54, 1.807) is 20.8 Å². The van der Waals surface area contributed by atoms with E-state index in [1.807, 2.05) is 0 Å². The summed E-state index contributed by atoms with van der Waals surface area (Å²) in [6, 6.07) is 0. The van der Waals surface area contributed by atoms with Crippen LogP contribution in [0, 0.1) is 0 Å². The van der Waals surface area contributed by atoms with Gasteiger partial charge in [0.15, 0.2) is 6.23 Å². The van der Waals surface area contributed by atoms with Crippen LogP contribution < -0.4 is 5.32 Å². The molecule has 0 rings (SSSR count). The monoisotopic (exact) mass is 188 g/mol. The lowest BCUT2D eigenvalue weighted by Gasteiger charge is -2.20. The van der Waals surface area contributed by atoms with Gasteiger partial charge >= 0.3 is 12.6 Å². The predicted octanol–water partition coefficient (Wildman–Crippen LogP) is 0.941. The molecule has 0 aromatic rings. The predicted molar refractivity (Wildman–Crippen MR) is 45.6 cm³/mol. The molecule has 1 N–H and O–H groups in total. The first-order valence-electron chi connectivity index (χ1n) is 3.87. The molecule has 0 aliphatic heterocycles. The van der Waals surface area contributed by atoms with Crippen LogP contribution in [-0.2, 0) is 14.3 Å². The van der Waals surface area contributed by atoms with E-state index in [1.165, 1.54) is 13.4 Å². The highest BCUT2D eigenvalue weighted by Gasteiger charge is 2.17. The van der Waals surface area contributed by atoms with Gasteiger partial charge in [0.2, 0.25) is 0 Å². The van der Waals surface area contributed by atoms with E-state index in [2.05, 4.69) is 10.1 Å². The van der Waals surface area contributed by atoms with Crippen LogP contribution in [0.25, 0.3) is 0 Å². The molecule has 0 saturated carbocycles. The summed E-state index contributed by atoms with van der Waals surface area (Å²) in [7, 11) is 0. The number of carbonyl (C=O) groups excluding carboxylic acids is 2. The Balaban J connectivity index is 3.81. The summed E-state index contributed by atoms with van der Waals surface area (Å²) in [6.45, 7) is 7.93. The van der Waals surface area contributed by atoms with Crippen molar-refractivity contribution in [1.82, 2.24) is 5.32 Å². The van der Waals surface area contributed by atoms with Crippen LogP contribution in [0.3, 0.4) is 0 Å². The van der Waals surface area contributed by atoms with Crippen LogP contribution >= 0.6 is 0 Å². The van der Waals surface area contributed by atoms with Gasteiger partial charge in [0.1, 0.15) is 5.60 Å². The molecule has 5 heteroatoms. The molecule has 0 heterocycles. The van der Waals surface area contributed by atoms with E-state index in [0.29, 0.717) is 0 Å². The van der Waals surface area contributed by atoms with Crippen molar-refractivity contribution >= 4 is 12.6 Å². The van der Waals surface area contributed by atoms with Crippen LogP contribution in [0.5, 0.6) is 0 Å². The Morgan fingerprint density at radius 3 is 2.38 bits per heavy atom. The molecular weight excluding hydrogens is 174 g/mol. The second-order valence-corrected chi connectivity index (χ2v) is 3.49. The number of hydrogen-bond donors (Lipinski definition) is 1. The van der Waals surface area contributed by atoms with E-state index in [-0.39, 0.29) is 0 Å². The highest BCUT2D eigenvalue weighted by molar-refractivity contribution is 5.68. The van der Waals surface area contributed by atoms with Crippen LogP contribution in [0.2, 0.25) is 0 Å². The van der Waals surface area contributed by atoms with Crippen LogP contribution in [0.1, 0.15) is 27.7 Å². The molecule has 0 saturated heterocycles. The summed E-state index contributed by atoms with van der Waals surface area (Å²) in [5.74, 6) is 0. The van der Waals surface area contributed by atoms with Gasteiger partial charge < -0.3 is 9.47 Å². The highest BCUT2D eigenvalue weighted by Crippen LogP contribution is 2.06.